The fraction of sp³-hybridized carbons (Fsp3) is 1.00. The highest BCUT2D eigenvalue weighted by atomic mass is 32.2. The largest absolute Gasteiger partial charge is 0.349 e. The molecule has 0 aromatic heterocycles. The minimum absolute atomic E-state index is 0.407. The zero-order valence-corrected chi connectivity index (χ0v) is 16.1. The molecule has 12 heteroatoms. The Labute approximate surface area is 142 Å². The molecule has 0 bridgehead atoms. The van der Waals surface area contributed by atoms with Gasteiger partial charge in [0.1, 0.15) is 12.2 Å². The highest BCUT2D eigenvalue weighted by molar-refractivity contribution is 7.86. The zero-order valence-electron chi connectivity index (χ0n) is 14.5. The van der Waals surface area contributed by atoms with Gasteiger partial charge in [-0.25, -0.2) is 0 Å². The summed E-state index contributed by atoms with van der Waals surface area (Å²) in [5.74, 6) is -2.79. The predicted molar refractivity (Wildman–Crippen MR) is 82.2 cm³/mol. The van der Waals surface area contributed by atoms with Crippen LogP contribution in [0.15, 0.2) is 0 Å². The maximum absolute atomic E-state index is 11.2. The molecule has 1 aliphatic heterocycles. The van der Waals surface area contributed by atoms with Gasteiger partial charge in [-0.05, 0) is 13.8 Å². The predicted octanol–water partition coefficient (Wildman–Crippen LogP) is -0.552. The molecule has 1 aliphatic rings. The third-order valence-electron chi connectivity index (χ3n) is 3.66. The van der Waals surface area contributed by atoms with E-state index in [9.17, 15) is 16.8 Å². The lowest BCUT2D eigenvalue weighted by molar-refractivity contribution is -0.450. The van der Waals surface area contributed by atoms with Crippen LogP contribution in [0.3, 0.4) is 0 Å². The summed E-state index contributed by atoms with van der Waals surface area (Å²) in [6, 6.07) is 0. The van der Waals surface area contributed by atoms with Gasteiger partial charge in [0.2, 0.25) is 11.6 Å². The van der Waals surface area contributed by atoms with Gasteiger partial charge in [-0.2, -0.15) is 16.8 Å². The molecule has 2 unspecified atom stereocenters. The van der Waals surface area contributed by atoms with E-state index in [0.29, 0.717) is 0 Å². The molecule has 1 rings (SSSR count). The second-order valence-corrected chi connectivity index (χ2v) is 8.88. The van der Waals surface area contributed by atoms with Gasteiger partial charge >= 0.3 is 0 Å². The first kappa shape index (κ1) is 21.7. The van der Waals surface area contributed by atoms with Crippen LogP contribution in [0, 0.1) is 0 Å². The monoisotopic (exact) mass is 392 g/mol. The summed E-state index contributed by atoms with van der Waals surface area (Å²) < 4.78 is 76.5. The topological polar surface area (TPSA) is 124 Å². The molecule has 4 atom stereocenters. The summed E-state index contributed by atoms with van der Waals surface area (Å²) in [5.41, 5.74) is 0. The summed E-state index contributed by atoms with van der Waals surface area (Å²) in [6.45, 7) is 2.26. The van der Waals surface area contributed by atoms with Gasteiger partial charge in [0.15, 0.2) is 0 Å². The van der Waals surface area contributed by atoms with Crippen LogP contribution in [0.4, 0.5) is 0 Å². The lowest BCUT2D eigenvalue weighted by atomic mass is 10.0. The molecule has 144 valence electrons. The summed E-state index contributed by atoms with van der Waals surface area (Å²) in [4.78, 5) is 0. The molecular formula is C12H24O10S2. The van der Waals surface area contributed by atoms with Crippen molar-refractivity contribution in [2.24, 2.45) is 0 Å². The third-order valence-corrected chi connectivity index (χ3v) is 4.79. The molecule has 0 aromatic rings. The molecule has 1 fully saturated rings. The minimum atomic E-state index is -3.74. The number of ether oxygens (including phenoxy) is 4. The Bertz CT molecular complexity index is 574. The minimum Gasteiger partial charge on any atom is -0.349 e. The van der Waals surface area contributed by atoms with Gasteiger partial charge in [-0.15, -0.1) is 0 Å². The molecule has 24 heavy (non-hydrogen) atoms. The molecule has 0 saturated carbocycles. The van der Waals surface area contributed by atoms with Gasteiger partial charge in [0, 0.05) is 14.2 Å². The molecule has 0 aromatic carbocycles. The van der Waals surface area contributed by atoms with Crippen molar-refractivity contribution >= 4 is 20.2 Å². The van der Waals surface area contributed by atoms with E-state index in [-0.39, 0.29) is 0 Å². The van der Waals surface area contributed by atoms with Gasteiger partial charge in [-0.1, -0.05) is 0 Å². The average Bonchev–Trinajstić information content (AvgIpc) is 2.44. The van der Waals surface area contributed by atoms with Crippen LogP contribution in [-0.4, -0.2) is 80.6 Å². The molecule has 1 saturated heterocycles. The first-order chi connectivity index (χ1) is 10.8. The third kappa shape index (κ3) is 5.59. The molecule has 0 spiro atoms. The van der Waals surface area contributed by atoms with Crippen LogP contribution in [0.1, 0.15) is 13.8 Å². The Balaban J connectivity index is 3.04. The van der Waals surface area contributed by atoms with Gasteiger partial charge in [0.25, 0.3) is 20.2 Å². The standard InChI is InChI=1S/C12H24O10S2/c1-11(17-3)12(2,18-4)22-10(8-20-24(6,15)16)9(21-11)7-19-23(5,13)14/h9-10H,7-8H2,1-6H3/t9-,10?,11+,12?/m1/s1. The highest BCUT2D eigenvalue weighted by Crippen LogP contribution is 2.39. The van der Waals surface area contributed by atoms with Gasteiger partial charge < -0.3 is 18.9 Å². The van der Waals surface area contributed by atoms with Crippen LogP contribution >= 0.6 is 0 Å². The fourth-order valence-electron chi connectivity index (χ4n) is 2.07. The molecule has 0 amide bonds. The lowest BCUT2D eigenvalue weighted by Crippen LogP contribution is -2.66. The second-order valence-electron chi connectivity index (χ2n) is 5.59. The van der Waals surface area contributed by atoms with Crippen LogP contribution in [0.25, 0.3) is 0 Å². The van der Waals surface area contributed by atoms with Crippen molar-refractivity contribution < 1.29 is 44.1 Å². The maximum Gasteiger partial charge on any atom is 0.264 e. The molecule has 0 aliphatic carbocycles. The maximum atomic E-state index is 11.2. The van der Waals surface area contributed by atoms with E-state index in [1.807, 2.05) is 0 Å². The van der Waals surface area contributed by atoms with Crippen LogP contribution in [-0.2, 0) is 47.5 Å². The molecule has 1 heterocycles. The van der Waals surface area contributed by atoms with Crippen LogP contribution in [0.5, 0.6) is 0 Å². The van der Waals surface area contributed by atoms with Gasteiger partial charge in [0.05, 0.1) is 25.7 Å². The Hall–Kier alpha value is -0.340. The number of hydrogen-bond acceptors (Lipinski definition) is 10. The quantitative estimate of drug-likeness (QED) is 0.497. The summed E-state index contributed by atoms with van der Waals surface area (Å²) in [5, 5.41) is 0. The van der Waals surface area contributed by atoms with Crippen LogP contribution in [0.2, 0.25) is 0 Å². The molecule has 0 N–H and O–H groups in total. The number of rotatable bonds is 8. The first-order valence-electron chi connectivity index (χ1n) is 6.90. The summed E-state index contributed by atoms with van der Waals surface area (Å²) in [6.07, 6.45) is -0.190. The lowest BCUT2D eigenvalue weighted by Gasteiger charge is -2.51. The van der Waals surface area contributed by atoms with Crippen LogP contribution < -0.4 is 0 Å². The Morgan fingerprint density at radius 1 is 0.792 bits per heavy atom. The Morgan fingerprint density at radius 3 is 1.29 bits per heavy atom. The zero-order chi connectivity index (χ0) is 18.8. The van der Waals surface area contributed by atoms with E-state index in [1.165, 1.54) is 28.1 Å². The molecule has 10 nitrogen and oxygen atoms in total. The van der Waals surface area contributed by atoms with Crippen molar-refractivity contribution in [3.8, 4) is 0 Å². The van der Waals surface area contributed by atoms with E-state index in [2.05, 4.69) is 0 Å². The van der Waals surface area contributed by atoms with E-state index in [0.717, 1.165) is 12.5 Å². The van der Waals surface area contributed by atoms with Gasteiger partial charge in [-0.3, -0.25) is 8.37 Å². The summed E-state index contributed by atoms with van der Waals surface area (Å²) in [7, 11) is -4.74. The first-order valence-corrected chi connectivity index (χ1v) is 10.5. The molecular weight excluding hydrogens is 368 g/mol. The van der Waals surface area contributed by atoms with E-state index in [1.54, 1.807) is 0 Å². The smallest absolute Gasteiger partial charge is 0.264 e. The summed E-state index contributed by atoms with van der Waals surface area (Å²) >= 11 is 0. The van der Waals surface area contributed by atoms with Crippen molar-refractivity contribution in [3.63, 3.8) is 0 Å². The van der Waals surface area contributed by atoms with Crippen molar-refractivity contribution in [1.82, 2.24) is 0 Å². The number of methoxy groups -OCH3 is 2. The Kier molecular flexibility index (Phi) is 6.78. The fourth-order valence-corrected chi connectivity index (χ4v) is 2.84. The van der Waals surface area contributed by atoms with E-state index >= 15 is 0 Å². The molecule has 0 radical (unpaired) electrons. The van der Waals surface area contributed by atoms with Crippen molar-refractivity contribution in [2.45, 2.75) is 37.6 Å². The van der Waals surface area contributed by atoms with E-state index < -0.39 is 57.2 Å². The highest BCUT2D eigenvalue weighted by Gasteiger charge is 2.57. The Morgan fingerprint density at radius 2 is 1.08 bits per heavy atom. The van der Waals surface area contributed by atoms with Crippen molar-refractivity contribution in [1.29, 1.82) is 0 Å². The average molecular weight is 392 g/mol. The SMILES string of the molecule is COC1(C)OC(COS(C)(=O)=O)[C@@H](COS(C)(=O)=O)O[C@]1(C)OC. The number of hydrogen-bond donors (Lipinski definition) is 0. The van der Waals surface area contributed by atoms with Crippen molar-refractivity contribution in [2.75, 3.05) is 39.9 Å². The van der Waals surface area contributed by atoms with Crippen molar-refractivity contribution in [3.05, 3.63) is 0 Å². The normalized spacial score (nSPS) is 35.1. The second kappa shape index (κ2) is 7.50. The van der Waals surface area contributed by atoms with E-state index in [4.69, 9.17) is 27.3 Å².